The van der Waals surface area contributed by atoms with E-state index in [2.05, 4.69) is 41.2 Å². The van der Waals surface area contributed by atoms with Crippen molar-refractivity contribution in [3.05, 3.63) is 77.6 Å². The van der Waals surface area contributed by atoms with E-state index >= 15 is 0 Å². The number of aromatic amines is 1. The molecule has 0 aliphatic heterocycles. The van der Waals surface area contributed by atoms with Crippen LogP contribution in [0.3, 0.4) is 0 Å². The van der Waals surface area contributed by atoms with Crippen LogP contribution in [-0.4, -0.2) is 20.3 Å². The van der Waals surface area contributed by atoms with Gasteiger partial charge in [0.15, 0.2) is 5.16 Å². The number of rotatable bonds is 9. The van der Waals surface area contributed by atoms with Crippen LogP contribution >= 0.6 is 11.8 Å². The Morgan fingerprint density at radius 1 is 1.08 bits per heavy atom. The van der Waals surface area contributed by atoms with Crippen molar-refractivity contribution in [1.82, 2.24) is 9.97 Å². The number of ether oxygens (including phenoxy) is 1. The Labute approximate surface area is 158 Å². The Balaban J connectivity index is 1.43. The average Bonchev–Trinajstić information content (AvgIpc) is 3.14. The molecule has 0 saturated carbocycles. The van der Waals surface area contributed by atoms with Crippen molar-refractivity contribution in [3.63, 3.8) is 0 Å². The first-order chi connectivity index (χ1) is 12.7. The van der Waals surface area contributed by atoms with Gasteiger partial charge in [0.05, 0.1) is 18.5 Å². The number of imidazole rings is 1. The monoisotopic (exact) mass is 368 g/mol. The lowest BCUT2D eigenvalue weighted by atomic mass is 10.1. The summed E-state index contributed by atoms with van der Waals surface area (Å²) in [5.41, 5.74) is 3.23. The minimum atomic E-state index is 0.000628. The molecular weight excluding hydrogens is 344 g/mol. The van der Waals surface area contributed by atoms with E-state index in [-0.39, 0.29) is 6.61 Å². The summed E-state index contributed by atoms with van der Waals surface area (Å²) >= 11 is 1.71. The average molecular weight is 369 g/mol. The minimum absolute atomic E-state index is 0.000628. The van der Waals surface area contributed by atoms with E-state index < -0.39 is 0 Å². The lowest BCUT2D eigenvalue weighted by Crippen LogP contribution is -2.00. The molecule has 0 aliphatic rings. The number of nitrogens with one attached hydrogen (secondary N) is 1. The van der Waals surface area contributed by atoms with Gasteiger partial charge in [0.1, 0.15) is 12.4 Å². The van der Waals surface area contributed by atoms with E-state index in [0.717, 1.165) is 29.4 Å². The van der Waals surface area contributed by atoms with Crippen molar-refractivity contribution >= 4 is 11.8 Å². The molecule has 1 aromatic heterocycles. The molecule has 0 aliphatic carbocycles. The third-order valence-electron chi connectivity index (χ3n) is 4.10. The number of benzene rings is 2. The molecule has 4 nitrogen and oxygen atoms in total. The first-order valence-corrected chi connectivity index (χ1v) is 9.68. The number of thioether (sulfide) groups is 1. The van der Waals surface area contributed by atoms with E-state index in [0.29, 0.717) is 11.9 Å². The fourth-order valence-electron chi connectivity index (χ4n) is 2.59. The van der Waals surface area contributed by atoms with E-state index in [1.807, 2.05) is 30.3 Å². The maximum absolute atomic E-state index is 9.07. The Hall–Kier alpha value is -2.24. The standard InChI is InChI=1S/C21H24N2O2S/c1-16(26-21-22-13-19(14-24)23-21)7-8-17-9-11-20(12-10-17)25-15-18-5-3-2-4-6-18/h2-6,9-13,16,24H,7-8,14-15H2,1H3,(H,22,23). The van der Waals surface area contributed by atoms with Crippen molar-refractivity contribution in [2.75, 3.05) is 0 Å². The molecule has 0 saturated heterocycles. The van der Waals surface area contributed by atoms with Gasteiger partial charge in [-0.15, -0.1) is 0 Å². The summed E-state index contributed by atoms with van der Waals surface area (Å²) < 4.78 is 5.83. The van der Waals surface area contributed by atoms with Crippen molar-refractivity contribution < 1.29 is 9.84 Å². The van der Waals surface area contributed by atoms with Crippen LogP contribution in [-0.2, 0) is 19.6 Å². The summed E-state index contributed by atoms with van der Waals surface area (Å²) in [6.45, 7) is 2.79. The Bertz CT molecular complexity index is 787. The Morgan fingerprint density at radius 3 is 2.54 bits per heavy atom. The normalized spacial score (nSPS) is 12.1. The van der Waals surface area contributed by atoms with Gasteiger partial charge in [-0.1, -0.05) is 61.2 Å². The van der Waals surface area contributed by atoms with Crippen molar-refractivity contribution in [3.8, 4) is 5.75 Å². The van der Waals surface area contributed by atoms with E-state index in [4.69, 9.17) is 9.84 Å². The summed E-state index contributed by atoms with van der Waals surface area (Å²) in [6, 6.07) is 18.5. The van der Waals surface area contributed by atoms with Gasteiger partial charge in [0, 0.05) is 5.25 Å². The lowest BCUT2D eigenvalue weighted by Gasteiger charge is -2.10. The highest BCUT2D eigenvalue weighted by atomic mass is 32.2. The molecule has 2 aromatic carbocycles. The second-order valence-electron chi connectivity index (χ2n) is 6.26. The van der Waals surface area contributed by atoms with Gasteiger partial charge in [-0.3, -0.25) is 0 Å². The van der Waals surface area contributed by atoms with Crippen LogP contribution in [0.25, 0.3) is 0 Å². The van der Waals surface area contributed by atoms with Gasteiger partial charge in [-0.25, -0.2) is 4.98 Å². The van der Waals surface area contributed by atoms with Crippen LogP contribution in [0, 0.1) is 0 Å². The summed E-state index contributed by atoms with van der Waals surface area (Å²) in [6.07, 6.45) is 3.76. The highest BCUT2D eigenvalue weighted by molar-refractivity contribution is 7.99. The van der Waals surface area contributed by atoms with Crippen LogP contribution < -0.4 is 4.74 Å². The van der Waals surface area contributed by atoms with Gasteiger partial charge in [0.2, 0.25) is 0 Å². The molecule has 3 rings (SSSR count). The van der Waals surface area contributed by atoms with E-state index in [1.54, 1.807) is 18.0 Å². The number of H-pyrrole nitrogens is 1. The lowest BCUT2D eigenvalue weighted by molar-refractivity contribution is 0.277. The molecule has 1 unspecified atom stereocenters. The topological polar surface area (TPSA) is 58.1 Å². The van der Waals surface area contributed by atoms with Gasteiger partial charge in [-0.2, -0.15) is 0 Å². The first-order valence-electron chi connectivity index (χ1n) is 8.80. The number of hydrogen-bond acceptors (Lipinski definition) is 4. The van der Waals surface area contributed by atoms with Gasteiger partial charge in [0.25, 0.3) is 0 Å². The molecule has 0 amide bonds. The second kappa shape index (κ2) is 9.46. The Morgan fingerprint density at radius 2 is 1.85 bits per heavy atom. The largest absolute Gasteiger partial charge is 0.489 e. The molecule has 5 heteroatoms. The predicted octanol–water partition coefficient (Wildman–Crippen LogP) is 4.59. The number of aryl methyl sites for hydroxylation is 1. The van der Waals surface area contributed by atoms with Crippen LogP contribution in [0.2, 0.25) is 0 Å². The van der Waals surface area contributed by atoms with Crippen molar-refractivity contribution in [1.29, 1.82) is 0 Å². The van der Waals surface area contributed by atoms with Crippen LogP contribution in [0.15, 0.2) is 66.0 Å². The fraction of sp³-hybridized carbons (Fsp3) is 0.286. The number of aliphatic hydroxyl groups excluding tert-OH is 1. The Kier molecular flexibility index (Phi) is 6.75. The SMILES string of the molecule is CC(CCc1ccc(OCc2ccccc2)cc1)Sc1ncc(CO)[nH]1. The summed E-state index contributed by atoms with van der Waals surface area (Å²) in [7, 11) is 0. The van der Waals surface area contributed by atoms with Crippen LogP contribution in [0.5, 0.6) is 5.75 Å². The molecule has 0 bridgehead atoms. The van der Waals surface area contributed by atoms with Gasteiger partial charge >= 0.3 is 0 Å². The van der Waals surface area contributed by atoms with Crippen molar-refractivity contribution in [2.45, 2.75) is 43.4 Å². The molecule has 3 aromatic rings. The molecule has 0 fully saturated rings. The summed E-state index contributed by atoms with van der Waals surface area (Å²) in [5, 5.41) is 10.4. The number of aliphatic hydroxyl groups is 1. The molecule has 1 heterocycles. The fourth-order valence-corrected chi connectivity index (χ4v) is 3.51. The third-order valence-corrected chi connectivity index (χ3v) is 5.17. The highest BCUT2D eigenvalue weighted by Gasteiger charge is 2.08. The van der Waals surface area contributed by atoms with Gasteiger partial charge in [-0.05, 0) is 36.1 Å². The summed E-state index contributed by atoms with van der Waals surface area (Å²) in [5.74, 6) is 0.896. The first kappa shape index (κ1) is 18.5. The zero-order chi connectivity index (χ0) is 18.2. The molecule has 1 atom stereocenters. The molecule has 2 N–H and O–H groups in total. The van der Waals surface area contributed by atoms with Crippen LogP contribution in [0.4, 0.5) is 0 Å². The molecule has 26 heavy (non-hydrogen) atoms. The maximum atomic E-state index is 9.07. The van der Waals surface area contributed by atoms with E-state index in [9.17, 15) is 0 Å². The molecule has 136 valence electrons. The van der Waals surface area contributed by atoms with E-state index in [1.165, 1.54) is 11.1 Å². The quantitative estimate of drug-likeness (QED) is 0.542. The third kappa shape index (κ3) is 5.64. The molecular formula is C21H24N2O2S. The molecule has 0 spiro atoms. The summed E-state index contributed by atoms with van der Waals surface area (Å²) in [4.78, 5) is 7.38. The van der Waals surface area contributed by atoms with Crippen LogP contribution in [0.1, 0.15) is 30.2 Å². The number of hydrogen-bond donors (Lipinski definition) is 2. The maximum Gasteiger partial charge on any atom is 0.165 e. The minimum Gasteiger partial charge on any atom is -0.489 e. The predicted molar refractivity (Wildman–Crippen MR) is 105 cm³/mol. The molecule has 0 radical (unpaired) electrons. The smallest absolute Gasteiger partial charge is 0.165 e. The van der Waals surface area contributed by atoms with Crippen molar-refractivity contribution in [2.24, 2.45) is 0 Å². The zero-order valence-electron chi connectivity index (χ0n) is 14.9. The zero-order valence-corrected chi connectivity index (χ0v) is 15.7. The van der Waals surface area contributed by atoms with Gasteiger partial charge < -0.3 is 14.8 Å². The highest BCUT2D eigenvalue weighted by Crippen LogP contribution is 2.24. The number of aromatic nitrogens is 2. The second-order valence-corrected chi connectivity index (χ2v) is 7.68. The number of nitrogens with zero attached hydrogens (tertiary/aromatic N) is 1.